The Hall–Kier alpha value is -1.64. The smallest absolute Gasteiger partial charge is 0.0551 e. The monoisotopic (exact) mass is 269 g/mol. The zero-order chi connectivity index (χ0) is 14.4. The summed E-state index contributed by atoms with van der Waals surface area (Å²) in [5.41, 5.74) is 11.3. The van der Waals surface area contributed by atoms with Crippen LogP contribution in [0.2, 0.25) is 0 Å². The summed E-state index contributed by atoms with van der Waals surface area (Å²) in [4.78, 5) is 0. The van der Waals surface area contributed by atoms with E-state index in [0.29, 0.717) is 0 Å². The van der Waals surface area contributed by atoms with E-state index in [-0.39, 0.29) is 6.04 Å². The van der Waals surface area contributed by atoms with Crippen LogP contribution in [0.5, 0.6) is 0 Å². The van der Waals surface area contributed by atoms with Crippen LogP contribution in [0.4, 0.5) is 0 Å². The summed E-state index contributed by atoms with van der Waals surface area (Å²) < 4.78 is 5.09. The van der Waals surface area contributed by atoms with Crippen LogP contribution in [0, 0.1) is 0 Å². The third-order valence-corrected chi connectivity index (χ3v) is 3.68. The minimum Gasteiger partial charge on any atom is -0.384 e. The van der Waals surface area contributed by atoms with Crippen molar-refractivity contribution in [3.63, 3.8) is 0 Å². The minimum atomic E-state index is -0.0580. The van der Waals surface area contributed by atoms with Gasteiger partial charge in [-0.3, -0.25) is 0 Å². The largest absolute Gasteiger partial charge is 0.384 e. The average molecular weight is 269 g/mol. The molecule has 0 saturated heterocycles. The molecule has 0 heterocycles. The van der Waals surface area contributed by atoms with Crippen molar-refractivity contribution in [3.8, 4) is 0 Å². The van der Waals surface area contributed by atoms with Gasteiger partial charge in [-0.1, -0.05) is 55.5 Å². The standard InChI is InChI=1S/C18H23NO/c1-3-14-4-8-16(9-5-14)18(19)17-10-6-15(7-11-17)12-13-20-2/h4-11,18H,3,12-13,19H2,1-2H3. The molecule has 106 valence electrons. The third-order valence-electron chi connectivity index (χ3n) is 3.68. The number of nitrogens with two attached hydrogens (primary N) is 1. The maximum Gasteiger partial charge on any atom is 0.0551 e. The van der Waals surface area contributed by atoms with E-state index in [1.54, 1.807) is 7.11 Å². The Morgan fingerprint density at radius 3 is 1.85 bits per heavy atom. The summed E-state index contributed by atoms with van der Waals surface area (Å²) in [6, 6.07) is 17.0. The number of rotatable bonds is 6. The molecule has 0 amide bonds. The van der Waals surface area contributed by atoms with Crippen molar-refractivity contribution in [1.29, 1.82) is 0 Å². The van der Waals surface area contributed by atoms with Crippen LogP contribution in [0.1, 0.15) is 35.2 Å². The summed E-state index contributed by atoms with van der Waals surface area (Å²) in [7, 11) is 1.73. The van der Waals surface area contributed by atoms with Crippen LogP contribution in [0.3, 0.4) is 0 Å². The highest BCUT2D eigenvalue weighted by atomic mass is 16.5. The molecule has 1 atom stereocenters. The van der Waals surface area contributed by atoms with Gasteiger partial charge in [0.15, 0.2) is 0 Å². The number of ether oxygens (including phenoxy) is 1. The highest BCUT2D eigenvalue weighted by Gasteiger charge is 2.08. The molecular formula is C18H23NO. The fourth-order valence-electron chi connectivity index (χ4n) is 2.26. The Bertz CT molecular complexity index is 516. The van der Waals surface area contributed by atoms with Gasteiger partial charge < -0.3 is 10.5 Å². The normalized spacial score (nSPS) is 12.3. The first-order valence-corrected chi connectivity index (χ1v) is 7.16. The molecule has 2 aromatic rings. The first kappa shape index (κ1) is 14.8. The zero-order valence-electron chi connectivity index (χ0n) is 12.3. The Labute approximate surface area is 121 Å². The number of benzene rings is 2. The molecule has 2 nitrogen and oxygen atoms in total. The quantitative estimate of drug-likeness (QED) is 0.871. The molecule has 0 aliphatic rings. The van der Waals surface area contributed by atoms with Crippen molar-refractivity contribution in [1.82, 2.24) is 0 Å². The summed E-state index contributed by atoms with van der Waals surface area (Å²) in [6.07, 6.45) is 2.00. The SMILES string of the molecule is CCc1ccc(C(N)c2ccc(CCOC)cc2)cc1. The lowest BCUT2D eigenvalue weighted by Gasteiger charge is -2.14. The number of hydrogen-bond donors (Lipinski definition) is 1. The van der Waals surface area contributed by atoms with Gasteiger partial charge in [-0.2, -0.15) is 0 Å². The highest BCUT2D eigenvalue weighted by molar-refractivity contribution is 5.34. The molecule has 2 N–H and O–H groups in total. The molecule has 2 rings (SSSR count). The van der Waals surface area contributed by atoms with Gasteiger partial charge in [-0.25, -0.2) is 0 Å². The van der Waals surface area contributed by atoms with Crippen LogP contribution >= 0.6 is 0 Å². The van der Waals surface area contributed by atoms with Crippen LogP contribution < -0.4 is 5.73 Å². The minimum absolute atomic E-state index is 0.0580. The van der Waals surface area contributed by atoms with E-state index in [1.807, 2.05) is 0 Å². The van der Waals surface area contributed by atoms with E-state index in [0.717, 1.165) is 30.6 Å². The van der Waals surface area contributed by atoms with Crippen LogP contribution in [-0.4, -0.2) is 13.7 Å². The van der Waals surface area contributed by atoms with E-state index in [2.05, 4.69) is 55.5 Å². The molecule has 0 bridgehead atoms. The van der Waals surface area contributed by atoms with Gasteiger partial charge >= 0.3 is 0 Å². The molecule has 0 aromatic heterocycles. The van der Waals surface area contributed by atoms with Crippen molar-refractivity contribution in [2.75, 3.05) is 13.7 Å². The summed E-state index contributed by atoms with van der Waals surface area (Å²) in [5, 5.41) is 0. The second-order valence-corrected chi connectivity index (χ2v) is 5.06. The lowest BCUT2D eigenvalue weighted by atomic mass is 9.97. The Kier molecular flexibility index (Phi) is 5.33. The molecule has 1 unspecified atom stereocenters. The summed E-state index contributed by atoms with van der Waals surface area (Å²) in [6.45, 7) is 2.91. The van der Waals surface area contributed by atoms with Crippen molar-refractivity contribution in [2.45, 2.75) is 25.8 Å². The molecule has 2 aromatic carbocycles. The maximum atomic E-state index is 6.33. The molecular weight excluding hydrogens is 246 g/mol. The summed E-state index contributed by atoms with van der Waals surface area (Å²) >= 11 is 0. The van der Waals surface area contributed by atoms with Crippen molar-refractivity contribution >= 4 is 0 Å². The Morgan fingerprint density at radius 2 is 1.40 bits per heavy atom. The second-order valence-electron chi connectivity index (χ2n) is 5.06. The second kappa shape index (κ2) is 7.22. The Morgan fingerprint density at radius 1 is 0.900 bits per heavy atom. The summed E-state index contributed by atoms with van der Waals surface area (Å²) in [5.74, 6) is 0. The first-order chi connectivity index (χ1) is 9.74. The molecule has 0 saturated carbocycles. The zero-order valence-corrected chi connectivity index (χ0v) is 12.3. The van der Waals surface area contributed by atoms with Crippen molar-refractivity contribution in [2.24, 2.45) is 5.73 Å². The molecule has 0 fully saturated rings. The molecule has 0 radical (unpaired) electrons. The van der Waals surface area contributed by atoms with Crippen molar-refractivity contribution < 1.29 is 4.74 Å². The number of aryl methyl sites for hydroxylation is 1. The predicted molar refractivity (Wildman–Crippen MR) is 83.9 cm³/mol. The van der Waals surface area contributed by atoms with Gasteiger partial charge in [0, 0.05) is 7.11 Å². The van der Waals surface area contributed by atoms with E-state index in [4.69, 9.17) is 10.5 Å². The average Bonchev–Trinajstić information content (AvgIpc) is 2.53. The molecule has 20 heavy (non-hydrogen) atoms. The van der Waals surface area contributed by atoms with Gasteiger partial charge in [-0.15, -0.1) is 0 Å². The van der Waals surface area contributed by atoms with Crippen molar-refractivity contribution in [3.05, 3.63) is 70.8 Å². The first-order valence-electron chi connectivity index (χ1n) is 7.16. The van der Waals surface area contributed by atoms with Crippen LogP contribution in [0.25, 0.3) is 0 Å². The fourth-order valence-corrected chi connectivity index (χ4v) is 2.26. The number of hydrogen-bond acceptors (Lipinski definition) is 2. The van der Waals surface area contributed by atoms with E-state index < -0.39 is 0 Å². The lowest BCUT2D eigenvalue weighted by molar-refractivity contribution is 0.202. The molecule has 0 spiro atoms. The lowest BCUT2D eigenvalue weighted by Crippen LogP contribution is -2.11. The van der Waals surface area contributed by atoms with Crippen LogP contribution in [0.15, 0.2) is 48.5 Å². The third kappa shape index (κ3) is 3.69. The fraction of sp³-hybridized carbons (Fsp3) is 0.333. The van der Waals surface area contributed by atoms with E-state index >= 15 is 0 Å². The predicted octanol–water partition coefficient (Wildman–Crippen LogP) is 3.49. The van der Waals surface area contributed by atoms with Crippen LogP contribution in [-0.2, 0) is 17.6 Å². The van der Waals surface area contributed by atoms with Gasteiger partial charge in [0.25, 0.3) is 0 Å². The topological polar surface area (TPSA) is 35.2 Å². The van der Waals surface area contributed by atoms with Gasteiger partial charge in [-0.05, 0) is 35.1 Å². The maximum absolute atomic E-state index is 6.33. The Balaban J connectivity index is 2.09. The van der Waals surface area contributed by atoms with Gasteiger partial charge in [0.05, 0.1) is 12.6 Å². The van der Waals surface area contributed by atoms with Gasteiger partial charge in [0.1, 0.15) is 0 Å². The molecule has 0 aliphatic heterocycles. The molecule has 0 aliphatic carbocycles. The van der Waals surface area contributed by atoms with E-state index in [9.17, 15) is 0 Å². The number of methoxy groups -OCH3 is 1. The molecule has 2 heteroatoms. The highest BCUT2D eigenvalue weighted by Crippen LogP contribution is 2.20. The van der Waals surface area contributed by atoms with Gasteiger partial charge in [0.2, 0.25) is 0 Å². The van der Waals surface area contributed by atoms with E-state index in [1.165, 1.54) is 11.1 Å².